The highest BCUT2D eigenvalue weighted by Gasteiger charge is 2.52. The van der Waals surface area contributed by atoms with E-state index in [1.165, 1.54) is 76.6 Å². The Kier molecular flexibility index (Phi) is 7.40. The summed E-state index contributed by atoms with van der Waals surface area (Å²) in [6.07, 6.45) is 28.7. The molecule has 5 atom stereocenters. The SMILES string of the molecule is CC1(C)c2ccccc2C2C=C3C(=CC21)C1(CCCCC1)c1cc(C2C=CC=C(C4N=C(C5=CC=CCC5)NC(c5ccccc5)N4)C2)ccc13. The Morgan fingerprint density at radius 3 is 2.49 bits per heavy atom. The molecule has 2 N–H and O–H groups in total. The van der Waals surface area contributed by atoms with Crippen molar-refractivity contribution in [3.63, 3.8) is 0 Å². The molecule has 1 heterocycles. The molecular weight excluding hydrogens is 619 g/mol. The number of hydrogen-bond acceptors (Lipinski definition) is 3. The molecule has 1 saturated carbocycles. The second kappa shape index (κ2) is 12.1. The number of nitrogens with one attached hydrogen (secondary N) is 2. The average Bonchev–Trinajstić information content (AvgIpc) is 3.58. The van der Waals surface area contributed by atoms with Crippen molar-refractivity contribution < 1.29 is 0 Å². The number of rotatable bonds is 4. The molecule has 3 nitrogen and oxygen atoms in total. The molecule has 6 aliphatic carbocycles. The molecule has 3 heteroatoms. The van der Waals surface area contributed by atoms with Crippen molar-refractivity contribution in [1.82, 2.24) is 10.6 Å². The zero-order valence-corrected chi connectivity index (χ0v) is 30.0. The Balaban J connectivity index is 0.994. The van der Waals surface area contributed by atoms with E-state index in [4.69, 9.17) is 4.99 Å². The van der Waals surface area contributed by atoms with Crippen LogP contribution in [0.3, 0.4) is 0 Å². The summed E-state index contributed by atoms with van der Waals surface area (Å²) >= 11 is 0. The van der Waals surface area contributed by atoms with Crippen LogP contribution in [0.1, 0.15) is 117 Å². The van der Waals surface area contributed by atoms with Gasteiger partial charge in [0.1, 0.15) is 18.2 Å². The van der Waals surface area contributed by atoms with Crippen LogP contribution in [0, 0.1) is 5.92 Å². The number of hydrogen-bond donors (Lipinski definition) is 2. The van der Waals surface area contributed by atoms with E-state index in [1.54, 1.807) is 11.1 Å². The van der Waals surface area contributed by atoms with E-state index in [0.717, 1.165) is 25.1 Å². The van der Waals surface area contributed by atoms with Gasteiger partial charge in [-0.15, -0.1) is 0 Å². The van der Waals surface area contributed by atoms with Gasteiger partial charge in [-0.1, -0.05) is 155 Å². The average molecular weight is 668 g/mol. The van der Waals surface area contributed by atoms with Crippen LogP contribution in [-0.4, -0.2) is 12.0 Å². The van der Waals surface area contributed by atoms with E-state index in [0.29, 0.717) is 17.8 Å². The largest absolute Gasteiger partial charge is 0.351 e. The smallest absolute Gasteiger partial charge is 0.127 e. The molecule has 10 rings (SSSR count). The Hall–Kier alpha value is -4.47. The number of amidine groups is 1. The second-order valence-electron chi connectivity index (χ2n) is 16.6. The topological polar surface area (TPSA) is 36.4 Å². The fourth-order valence-corrected chi connectivity index (χ4v) is 10.8. The number of benzene rings is 3. The summed E-state index contributed by atoms with van der Waals surface area (Å²) in [5.74, 6) is 2.32. The van der Waals surface area contributed by atoms with Crippen LogP contribution in [-0.2, 0) is 10.8 Å². The molecule has 0 bridgehead atoms. The highest BCUT2D eigenvalue weighted by molar-refractivity contribution is 5.99. The highest BCUT2D eigenvalue weighted by Crippen LogP contribution is 2.63. The van der Waals surface area contributed by atoms with Gasteiger partial charge >= 0.3 is 0 Å². The molecule has 1 aliphatic heterocycles. The van der Waals surface area contributed by atoms with Crippen LogP contribution in [0.2, 0.25) is 0 Å². The Labute approximate surface area is 303 Å². The normalized spacial score (nSPS) is 29.4. The fraction of sp³-hybridized carbons (Fsp3) is 0.354. The predicted molar refractivity (Wildman–Crippen MR) is 211 cm³/mol. The van der Waals surface area contributed by atoms with Crippen molar-refractivity contribution in [3.8, 4) is 0 Å². The molecule has 7 aliphatic rings. The van der Waals surface area contributed by atoms with Gasteiger partial charge in [-0.05, 0) is 99.1 Å². The lowest BCUT2D eigenvalue weighted by atomic mass is 9.63. The van der Waals surface area contributed by atoms with E-state index in [9.17, 15) is 0 Å². The van der Waals surface area contributed by atoms with Crippen LogP contribution in [0.15, 0.2) is 143 Å². The van der Waals surface area contributed by atoms with Gasteiger partial charge in [-0.3, -0.25) is 5.32 Å². The maximum atomic E-state index is 5.34. The molecule has 1 spiro atoms. The number of aliphatic imine (C=N–C) groups is 1. The number of allylic oxidation sites excluding steroid dienone is 10. The summed E-state index contributed by atoms with van der Waals surface area (Å²) in [5.41, 5.74) is 15.0. The van der Waals surface area contributed by atoms with Gasteiger partial charge in [0.15, 0.2) is 0 Å². The first-order valence-electron chi connectivity index (χ1n) is 19.6. The van der Waals surface area contributed by atoms with E-state index >= 15 is 0 Å². The predicted octanol–water partition coefficient (Wildman–Crippen LogP) is 10.8. The van der Waals surface area contributed by atoms with Crippen molar-refractivity contribution in [2.75, 3.05) is 0 Å². The third kappa shape index (κ3) is 4.99. The summed E-state index contributed by atoms with van der Waals surface area (Å²) in [6.45, 7) is 4.96. The zero-order valence-electron chi connectivity index (χ0n) is 30.0. The Morgan fingerprint density at radius 2 is 1.65 bits per heavy atom. The maximum Gasteiger partial charge on any atom is 0.127 e. The molecule has 5 unspecified atom stereocenters. The molecule has 0 radical (unpaired) electrons. The van der Waals surface area contributed by atoms with Gasteiger partial charge in [0.05, 0.1) is 0 Å². The minimum absolute atomic E-state index is 0.00764. The molecular formula is C48H49N3. The summed E-state index contributed by atoms with van der Waals surface area (Å²) in [6, 6.07) is 27.6. The van der Waals surface area contributed by atoms with Crippen LogP contribution in [0.4, 0.5) is 0 Å². The van der Waals surface area contributed by atoms with E-state index < -0.39 is 0 Å². The first-order valence-corrected chi connectivity index (χ1v) is 19.6. The fourth-order valence-electron chi connectivity index (χ4n) is 10.8. The van der Waals surface area contributed by atoms with Crippen LogP contribution >= 0.6 is 0 Å². The highest BCUT2D eigenvalue weighted by atomic mass is 15.3. The Bertz CT molecular complexity index is 2110. The van der Waals surface area contributed by atoms with Gasteiger partial charge < -0.3 is 5.32 Å². The van der Waals surface area contributed by atoms with E-state index in [2.05, 4.69) is 146 Å². The lowest BCUT2D eigenvalue weighted by molar-refractivity contribution is 0.340. The minimum atomic E-state index is -0.0753. The molecule has 3 aromatic rings. The maximum absolute atomic E-state index is 5.34. The zero-order chi connectivity index (χ0) is 34.2. The lowest BCUT2D eigenvalue weighted by Gasteiger charge is -2.40. The Morgan fingerprint density at radius 1 is 0.804 bits per heavy atom. The lowest BCUT2D eigenvalue weighted by Crippen LogP contribution is -2.49. The van der Waals surface area contributed by atoms with Crippen molar-refractivity contribution in [2.45, 2.75) is 100 Å². The monoisotopic (exact) mass is 667 g/mol. The standard InChI is InChI=1S/C48H49N3/c1-47(2)40-22-11-10-21-36(40)38-29-39-37-24-23-34(28-42(37)48(25-12-5-13-26-48)43(39)30-41(38)47)33-19-14-20-35(27-33)46-50-44(31-15-6-3-7-16-31)49-45(51-46)32-17-8-4-9-18-32/h3-4,6-8,10-11,14-17,19-24,28-30,33,38,41,44,46,50H,5,9,12-13,18,25-27H2,1-2H3,(H,49,51). The van der Waals surface area contributed by atoms with Crippen LogP contribution in [0.25, 0.3) is 5.57 Å². The summed E-state index contributed by atoms with van der Waals surface area (Å²) < 4.78 is 0. The summed E-state index contributed by atoms with van der Waals surface area (Å²) in [4.78, 5) is 5.34. The first-order chi connectivity index (χ1) is 25.0. The van der Waals surface area contributed by atoms with Crippen LogP contribution < -0.4 is 10.6 Å². The molecule has 1 fully saturated rings. The van der Waals surface area contributed by atoms with Crippen molar-refractivity contribution in [3.05, 3.63) is 172 Å². The third-order valence-corrected chi connectivity index (χ3v) is 13.5. The van der Waals surface area contributed by atoms with E-state index in [1.807, 2.05) is 0 Å². The van der Waals surface area contributed by atoms with Gasteiger partial charge in [0.2, 0.25) is 0 Å². The van der Waals surface area contributed by atoms with Crippen molar-refractivity contribution >= 4 is 11.4 Å². The minimum Gasteiger partial charge on any atom is -0.351 e. The van der Waals surface area contributed by atoms with Crippen molar-refractivity contribution in [2.24, 2.45) is 10.9 Å². The second-order valence-corrected chi connectivity index (χ2v) is 16.6. The molecule has 0 aromatic heterocycles. The number of nitrogens with zero attached hydrogens (tertiary/aromatic N) is 1. The van der Waals surface area contributed by atoms with Crippen LogP contribution in [0.5, 0.6) is 0 Å². The van der Waals surface area contributed by atoms with Gasteiger partial charge in [0, 0.05) is 17.3 Å². The van der Waals surface area contributed by atoms with E-state index in [-0.39, 0.29) is 23.2 Å². The molecule has 0 saturated heterocycles. The summed E-state index contributed by atoms with van der Waals surface area (Å²) in [5, 5.41) is 7.62. The molecule has 0 amide bonds. The van der Waals surface area contributed by atoms with Crippen molar-refractivity contribution in [1.29, 1.82) is 0 Å². The number of fused-ring (bicyclic) bond motifs is 8. The molecule has 3 aromatic carbocycles. The van der Waals surface area contributed by atoms with Gasteiger partial charge in [-0.2, -0.15) is 0 Å². The van der Waals surface area contributed by atoms with Gasteiger partial charge in [-0.25, -0.2) is 4.99 Å². The quantitative estimate of drug-likeness (QED) is 0.291. The molecule has 256 valence electrons. The summed E-state index contributed by atoms with van der Waals surface area (Å²) in [7, 11) is 0. The first kappa shape index (κ1) is 31.3. The third-order valence-electron chi connectivity index (χ3n) is 13.5. The van der Waals surface area contributed by atoms with Gasteiger partial charge in [0.25, 0.3) is 0 Å². The molecule has 51 heavy (non-hydrogen) atoms.